The second-order valence-electron chi connectivity index (χ2n) is 17.7. The normalized spacial score (nSPS) is 36.6. The van der Waals surface area contributed by atoms with Gasteiger partial charge in [0.15, 0.2) is 8.32 Å². The van der Waals surface area contributed by atoms with Gasteiger partial charge in [0.25, 0.3) is 8.32 Å². The fourth-order valence-corrected chi connectivity index (χ4v) is 18.4. The van der Waals surface area contributed by atoms with Crippen LogP contribution in [-0.2, 0) is 23.2 Å². The summed E-state index contributed by atoms with van der Waals surface area (Å²) >= 11 is 0. The van der Waals surface area contributed by atoms with Gasteiger partial charge in [-0.1, -0.05) is 109 Å². The van der Waals surface area contributed by atoms with Gasteiger partial charge >= 0.3 is 5.97 Å². The molecule has 256 valence electrons. The van der Waals surface area contributed by atoms with E-state index in [0.29, 0.717) is 24.5 Å². The number of ketones is 1. The number of esters is 1. The number of carbonyl (C=O) groups is 2. The van der Waals surface area contributed by atoms with Crippen molar-refractivity contribution >= 4 is 38.8 Å². The monoisotopic (exact) mass is 674 g/mol. The molecule has 3 aliphatic carbocycles. The average molecular weight is 675 g/mol. The lowest BCUT2D eigenvalue weighted by Gasteiger charge is -2.62. The highest BCUT2D eigenvalue weighted by Crippen LogP contribution is 2.70. The van der Waals surface area contributed by atoms with E-state index in [2.05, 4.69) is 110 Å². The highest BCUT2D eigenvalue weighted by Gasteiger charge is 2.71. The van der Waals surface area contributed by atoms with Crippen LogP contribution in [0.3, 0.4) is 0 Å². The van der Waals surface area contributed by atoms with E-state index in [4.69, 9.17) is 13.6 Å². The van der Waals surface area contributed by atoms with Crippen LogP contribution in [0.1, 0.15) is 87.0 Å². The Hall–Kier alpha value is -2.07. The number of benzene rings is 2. The molecule has 4 fully saturated rings. The van der Waals surface area contributed by atoms with Crippen molar-refractivity contribution in [1.29, 1.82) is 0 Å². The van der Waals surface area contributed by atoms with Crippen molar-refractivity contribution in [2.24, 2.45) is 34.0 Å². The van der Waals surface area contributed by atoms with Crippen LogP contribution in [0, 0.1) is 34.0 Å². The first-order chi connectivity index (χ1) is 22.0. The first-order valence-corrected chi connectivity index (χ1v) is 23.2. The van der Waals surface area contributed by atoms with Gasteiger partial charge in [-0.2, -0.15) is 0 Å². The SMILES string of the molecule is CC[C@]1(C)C[C@@H](OC(=O)CO[Si](c2ccccc2)(c2ccccc2)C(C)(C)C)[C@@]2(C)C3C(=O)CCC3(CC[C@H]2C)[C@@H]2C[Si](C)(C)O[C@@H]21. The van der Waals surface area contributed by atoms with Crippen LogP contribution in [0.25, 0.3) is 0 Å². The molecule has 6 rings (SSSR count). The minimum absolute atomic E-state index is 0.0727. The molecule has 47 heavy (non-hydrogen) atoms. The van der Waals surface area contributed by atoms with Crippen molar-refractivity contribution in [3.8, 4) is 0 Å². The summed E-state index contributed by atoms with van der Waals surface area (Å²) in [5.41, 5.74) is -0.664. The predicted octanol–water partition coefficient (Wildman–Crippen LogP) is 7.92. The second-order valence-corrected chi connectivity index (χ2v) is 26.2. The Morgan fingerprint density at radius 1 is 1.00 bits per heavy atom. The van der Waals surface area contributed by atoms with Crippen molar-refractivity contribution in [1.82, 2.24) is 0 Å². The number of rotatable bonds is 7. The van der Waals surface area contributed by atoms with Gasteiger partial charge < -0.3 is 13.6 Å². The fraction of sp³-hybridized carbons (Fsp3) is 0.650. The lowest BCUT2D eigenvalue weighted by molar-refractivity contribution is -0.206. The van der Waals surface area contributed by atoms with E-state index in [-0.39, 0.29) is 52.5 Å². The van der Waals surface area contributed by atoms with Crippen LogP contribution in [0.15, 0.2) is 60.7 Å². The summed E-state index contributed by atoms with van der Waals surface area (Å²) < 4.78 is 21.0. The molecule has 2 unspecified atom stereocenters. The minimum atomic E-state index is -2.93. The summed E-state index contributed by atoms with van der Waals surface area (Å²) in [6.07, 6.45) is 5.08. The van der Waals surface area contributed by atoms with Gasteiger partial charge in [-0.05, 0) is 89.3 Å². The van der Waals surface area contributed by atoms with E-state index in [9.17, 15) is 9.59 Å². The molecular weight excluding hydrogens is 617 g/mol. The van der Waals surface area contributed by atoms with Crippen LogP contribution in [-0.4, -0.2) is 47.2 Å². The molecule has 0 spiro atoms. The molecular formula is C40H58O5Si2. The fourth-order valence-electron chi connectivity index (χ4n) is 11.0. The van der Waals surface area contributed by atoms with Gasteiger partial charge in [-0.3, -0.25) is 4.79 Å². The molecule has 0 amide bonds. The number of fused-ring (bicyclic) bond motifs is 1. The maximum atomic E-state index is 14.3. The summed E-state index contributed by atoms with van der Waals surface area (Å²) in [4.78, 5) is 28.5. The highest BCUT2D eigenvalue weighted by molar-refractivity contribution is 6.99. The molecule has 2 bridgehead atoms. The lowest BCUT2D eigenvalue weighted by Crippen LogP contribution is -2.67. The number of Topliss-reactive ketones (excluding diaryl/α,β-unsaturated/α-hetero) is 1. The van der Waals surface area contributed by atoms with Crippen molar-refractivity contribution < 1.29 is 23.2 Å². The van der Waals surface area contributed by atoms with E-state index in [0.717, 1.165) is 42.1 Å². The first kappa shape index (κ1) is 34.8. The summed E-state index contributed by atoms with van der Waals surface area (Å²) in [5, 5.41) is 2.03. The lowest BCUT2D eigenvalue weighted by atomic mass is 9.43. The second kappa shape index (κ2) is 12.1. The van der Waals surface area contributed by atoms with Crippen LogP contribution in [0.2, 0.25) is 24.2 Å². The number of carbonyl (C=O) groups excluding carboxylic acids is 2. The van der Waals surface area contributed by atoms with Crippen LogP contribution in [0.4, 0.5) is 0 Å². The Bertz CT molecular complexity index is 1430. The summed E-state index contributed by atoms with van der Waals surface area (Å²) in [7, 11) is -4.83. The minimum Gasteiger partial charge on any atom is -0.460 e. The summed E-state index contributed by atoms with van der Waals surface area (Å²) in [6, 6.07) is 22.0. The summed E-state index contributed by atoms with van der Waals surface area (Å²) in [6.45, 7) is 20.5. The molecule has 1 heterocycles. The molecule has 4 aliphatic rings. The van der Waals surface area contributed by atoms with E-state index < -0.39 is 22.0 Å². The first-order valence-electron chi connectivity index (χ1n) is 18.2. The zero-order valence-corrected chi connectivity index (χ0v) is 32.4. The van der Waals surface area contributed by atoms with E-state index in [1.54, 1.807) is 0 Å². The molecule has 8 atom stereocenters. The maximum Gasteiger partial charge on any atom is 0.331 e. The van der Waals surface area contributed by atoms with Gasteiger partial charge in [0.05, 0.1) is 6.10 Å². The van der Waals surface area contributed by atoms with Crippen molar-refractivity contribution in [3.63, 3.8) is 0 Å². The molecule has 5 nitrogen and oxygen atoms in total. The molecule has 0 aromatic heterocycles. The molecule has 0 radical (unpaired) electrons. The highest BCUT2D eigenvalue weighted by atomic mass is 28.4. The summed E-state index contributed by atoms with van der Waals surface area (Å²) in [5.74, 6) is 0.620. The van der Waals surface area contributed by atoms with Crippen molar-refractivity contribution in [3.05, 3.63) is 60.7 Å². The number of hydrogen-bond acceptors (Lipinski definition) is 5. The zero-order chi connectivity index (χ0) is 34.0. The van der Waals surface area contributed by atoms with Crippen molar-refractivity contribution in [2.45, 2.75) is 123 Å². The van der Waals surface area contributed by atoms with E-state index in [1.165, 1.54) is 0 Å². The van der Waals surface area contributed by atoms with Gasteiger partial charge in [-0.15, -0.1) is 0 Å². The molecule has 1 saturated heterocycles. The molecule has 7 heteroatoms. The Kier molecular flexibility index (Phi) is 8.93. The average Bonchev–Trinajstić information content (AvgIpc) is 3.56. The molecule has 3 saturated carbocycles. The molecule has 2 aromatic rings. The third-order valence-electron chi connectivity index (χ3n) is 13.7. The van der Waals surface area contributed by atoms with Crippen LogP contribution >= 0.6 is 0 Å². The number of hydrogen-bond donors (Lipinski definition) is 0. The molecule has 1 aliphatic heterocycles. The quantitative estimate of drug-likeness (QED) is 0.221. The maximum absolute atomic E-state index is 14.3. The van der Waals surface area contributed by atoms with Crippen LogP contribution in [0.5, 0.6) is 0 Å². The van der Waals surface area contributed by atoms with E-state index >= 15 is 0 Å². The van der Waals surface area contributed by atoms with Gasteiger partial charge in [0.1, 0.15) is 18.5 Å². The zero-order valence-electron chi connectivity index (χ0n) is 30.4. The molecule has 0 N–H and O–H groups in total. The van der Waals surface area contributed by atoms with Crippen LogP contribution < -0.4 is 10.4 Å². The Labute approximate surface area is 285 Å². The number of ether oxygens (including phenoxy) is 1. The van der Waals surface area contributed by atoms with Gasteiger partial charge in [0.2, 0.25) is 0 Å². The third-order valence-corrected chi connectivity index (χ3v) is 21.0. The molecule has 2 aromatic carbocycles. The third kappa shape index (κ3) is 5.46. The largest absolute Gasteiger partial charge is 0.460 e. The van der Waals surface area contributed by atoms with Gasteiger partial charge in [0, 0.05) is 17.8 Å². The topological polar surface area (TPSA) is 61.8 Å². The Morgan fingerprint density at radius 3 is 2.15 bits per heavy atom. The smallest absolute Gasteiger partial charge is 0.331 e. The Morgan fingerprint density at radius 2 is 1.60 bits per heavy atom. The van der Waals surface area contributed by atoms with Gasteiger partial charge in [-0.25, -0.2) is 4.79 Å². The standard InChI is InChI=1S/C40H58O5Si2/c1-10-38(6)25-33(39(7)28(2)21-23-40(24-22-32(41)35(39)40)31-27-46(8,9)45-36(31)38)44-34(42)26-43-47(37(3,4)5,29-17-13-11-14-18-29)30-19-15-12-16-20-30/h11-20,28,31,33,35-36H,10,21-27H2,1-9H3/t28-,31-,33-,35?,36+,38-,39+,40?/m1/s1. The van der Waals surface area contributed by atoms with Crippen molar-refractivity contribution in [2.75, 3.05) is 6.61 Å². The predicted molar refractivity (Wildman–Crippen MR) is 194 cm³/mol. The Balaban J connectivity index is 1.38. The van der Waals surface area contributed by atoms with E-state index in [1.807, 2.05) is 12.1 Å².